The second kappa shape index (κ2) is 6.22. The zero-order valence-corrected chi connectivity index (χ0v) is 11.1. The molecule has 0 aromatic heterocycles. The van der Waals surface area contributed by atoms with Crippen molar-refractivity contribution in [3.63, 3.8) is 0 Å². The first kappa shape index (κ1) is 13.4. The molecule has 0 N–H and O–H groups in total. The van der Waals surface area contributed by atoms with Gasteiger partial charge in [-0.2, -0.15) is 10.5 Å². The molecule has 0 saturated heterocycles. The highest BCUT2D eigenvalue weighted by molar-refractivity contribution is 5.67. The molecule has 20 heavy (non-hydrogen) atoms. The van der Waals surface area contributed by atoms with Gasteiger partial charge < -0.3 is 4.90 Å². The van der Waals surface area contributed by atoms with E-state index < -0.39 is 0 Å². The smallest absolute Gasteiger partial charge is 0.130 e. The van der Waals surface area contributed by atoms with E-state index in [1.165, 1.54) is 0 Å². The van der Waals surface area contributed by atoms with Gasteiger partial charge in [-0.3, -0.25) is 0 Å². The number of hydrogen-bond donors (Lipinski definition) is 0. The number of allylic oxidation sites excluding steroid dienone is 1. The maximum absolute atomic E-state index is 8.73. The van der Waals surface area contributed by atoms with E-state index in [0.29, 0.717) is 0 Å². The number of hydrogen-bond acceptors (Lipinski definition) is 3. The molecule has 2 aromatic rings. The van der Waals surface area contributed by atoms with Crippen LogP contribution in [0.15, 0.2) is 60.2 Å². The number of benzene rings is 2. The lowest BCUT2D eigenvalue weighted by Gasteiger charge is -2.19. The van der Waals surface area contributed by atoms with Crippen molar-refractivity contribution in [3.8, 4) is 12.1 Å². The molecular weight excluding hydrogens is 246 g/mol. The summed E-state index contributed by atoms with van der Waals surface area (Å²) in [7, 11) is 2.00. The molecule has 3 nitrogen and oxygen atoms in total. The van der Waals surface area contributed by atoms with Crippen LogP contribution >= 0.6 is 0 Å². The lowest BCUT2D eigenvalue weighted by atomic mass is 10.1. The summed E-state index contributed by atoms with van der Waals surface area (Å²) in [5.74, 6) is 0. The van der Waals surface area contributed by atoms with Crippen molar-refractivity contribution in [1.82, 2.24) is 0 Å². The lowest BCUT2D eigenvalue weighted by molar-refractivity contribution is 1.21. The Bertz CT molecular complexity index is 670. The van der Waals surface area contributed by atoms with E-state index in [1.54, 1.807) is 6.08 Å². The van der Waals surface area contributed by atoms with Crippen molar-refractivity contribution in [1.29, 1.82) is 10.5 Å². The summed E-state index contributed by atoms with van der Waals surface area (Å²) in [6.07, 6.45) is 1.58. The highest BCUT2D eigenvalue weighted by Crippen LogP contribution is 2.23. The van der Waals surface area contributed by atoms with Crippen LogP contribution in [-0.4, -0.2) is 7.05 Å². The minimum absolute atomic E-state index is 0.106. The van der Waals surface area contributed by atoms with Crippen LogP contribution in [-0.2, 0) is 0 Å². The van der Waals surface area contributed by atoms with E-state index >= 15 is 0 Å². The number of rotatable bonds is 3. The average Bonchev–Trinajstić information content (AvgIpc) is 2.53. The predicted molar refractivity (Wildman–Crippen MR) is 80.2 cm³/mol. The van der Waals surface area contributed by atoms with Gasteiger partial charge in [0, 0.05) is 18.4 Å². The van der Waals surface area contributed by atoms with Gasteiger partial charge in [0.05, 0.1) is 0 Å². The summed E-state index contributed by atoms with van der Waals surface area (Å²) < 4.78 is 0. The molecule has 0 bridgehead atoms. The molecular formula is C17H13N3. The first-order chi connectivity index (χ1) is 9.74. The highest BCUT2D eigenvalue weighted by Gasteiger charge is 2.02. The van der Waals surface area contributed by atoms with Crippen LogP contribution in [0.3, 0.4) is 0 Å². The molecule has 0 fully saturated rings. The third-order valence-corrected chi connectivity index (χ3v) is 2.98. The lowest BCUT2D eigenvalue weighted by Crippen LogP contribution is -2.08. The Morgan fingerprint density at radius 2 is 1.45 bits per heavy atom. The summed E-state index contributed by atoms with van der Waals surface area (Å²) in [5.41, 5.74) is 3.09. The quantitative estimate of drug-likeness (QED) is 0.786. The Balaban J connectivity index is 2.24. The molecule has 3 heteroatoms. The van der Waals surface area contributed by atoms with Gasteiger partial charge in [-0.25, -0.2) is 0 Å². The first-order valence-corrected chi connectivity index (χ1v) is 6.15. The second-order valence-corrected chi connectivity index (χ2v) is 4.27. The normalized spacial score (nSPS) is 9.15. The van der Waals surface area contributed by atoms with Gasteiger partial charge in [-0.1, -0.05) is 30.3 Å². The van der Waals surface area contributed by atoms with E-state index in [0.717, 1.165) is 16.9 Å². The summed E-state index contributed by atoms with van der Waals surface area (Å²) in [5, 5.41) is 17.5. The van der Waals surface area contributed by atoms with Gasteiger partial charge in [0.25, 0.3) is 0 Å². The molecule has 96 valence electrons. The third-order valence-electron chi connectivity index (χ3n) is 2.98. The maximum atomic E-state index is 8.73. The van der Waals surface area contributed by atoms with Gasteiger partial charge >= 0.3 is 0 Å². The maximum Gasteiger partial charge on any atom is 0.130 e. The standard InChI is InChI=1S/C17H13N3/c1-20(16-5-3-2-4-6-16)17-9-7-14(8-10-17)11-15(12-18)13-19/h2-11H,1H3. The molecule has 2 rings (SSSR count). The van der Waals surface area contributed by atoms with Crippen molar-refractivity contribution < 1.29 is 0 Å². The van der Waals surface area contributed by atoms with Gasteiger partial charge in [0.15, 0.2) is 0 Å². The van der Waals surface area contributed by atoms with Crippen molar-refractivity contribution >= 4 is 17.5 Å². The molecule has 0 aliphatic heterocycles. The summed E-state index contributed by atoms with van der Waals surface area (Å²) in [6, 6.07) is 21.5. The van der Waals surface area contributed by atoms with Crippen molar-refractivity contribution in [2.75, 3.05) is 11.9 Å². The molecule has 0 amide bonds. The molecule has 0 unspecified atom stereocenters. The fraction of sp³-hybridized carbons (Fsp3) is 0.0588. The van der Waals surface area contributed by atoms with Gasteiger partial charge in [-0.15, -0.1) is 0 Å². The van der Waals surface area contributed by atoms with E-state index in [-0.39, 0.29) is 5.57 Å². The second-order valence-electron chi connectivity index (χ2n) is 4.27. The Morgan fingerprint density at radius 1 is 0.900 bits per heavy atom. The predicted octanol–water partition coefficient (Wildman–Crippen LogP) is 3.89. The van der Waals surface area contributed by atoms with Crippen LogP contribution < -0.4 is 4.90 Å². The number of nitrogens with zero attached hydrogens (tertiary/aromatic N) is 3. The fourth-order valence-electron chi connectivity index (χ4n) is 1.85. The largest absolute Gasteiger partial charge is 0.345 e. The van der Waals surface area contributed by atoms with E-state index in [4.69, 9.17) is 10.5 Å². The SMILES string of the molecule is CN(c1ccccc1)c1ccc(C=C(C#N)C#N)cc1. The van der Waals surface area contributed by atoms with Crippen LogP contribution in [0.2, 0.25) is 0 Å². The molecule has 2 aromatic carbocycles. The number of nitriles is 2. The summed E-state index contributed by atoms with van der Waals surface area (Å²) in [6.45, 7) is 0. The summed E-state index contributed by atoms with van der Waals surface area (Å²) >= 11 is 0. The minimum atomic E-state index is 0.106. The van der Waals surface area contributed by atoms with Crippen LogP contribution in [0.1, 0.15) is 5.56 Å². The Morgan fingerprint density at radius 3 is 2.00 bits per heavy atom. The highest BCUT2D eigenvalue weighted by atomic mass is 15.1. The average molecular weight is 259 g/mol. The van der Waals surface area contributed by atoms with Crippen LogP contribution in [0.25, 0.3) is 6.08 Å². The molecule has 0 atom stereocenters. The molecule has 0 aliphatic rings. The molecule has 0 aliphatic carbocycles. The van der Waals surface area contributed by atoms with Crippen molar-refractivity contribution in [2.45, 2.75) is 0 Å². The van der Waals surface area contributed by atoms with Gasteiger partial charge in [-0.05, 0) is 35.9 Å². The van der Waals surface area contributed by atoms with Crippen molar-refractivity contribution in [3.05, 3.63) is 65.7 Å². The molecule has 0 saturated carbocycles. The monoisotopic (exact) mass is 259 g/mol. The Labute approximate surface area is 118 Å². The summed E-state index contributed by atoms with van der Waals surface area (Å²) in [4.78, 5) is 2.07. The molecule has 0 spiro atoms. The van der Waals surface area contributed by atoms with E-state index in [9.17, 15) is 0 Å². The van der Waals surface area contributed by atoms with Crippen LogP contribution in [0.5, 0.6) is 0 Å². The molecule has 0 heterocycles. The Hall–Kier alpha value is -3.04. The zero-order valence-electron chi connectivity index (χ0n) is 11.1. The van der Waals surface area contributed by atoms with E-state index in [1.807, 2.05) is 73.8 Å². The van der Waals surface area contributed by atoms with Gasteiger partial charge in [0.1, 0.15) is 17.7 Å². The zero-order chi connectivity index (χ0) is 14.4. The van der Waals surface area contributed by atoms with Crippen LogP contribution in [0.4, 0.5) is 11.4 Å². The van der Waals surface area contributed by atoms with Crippen LogP contribution in [0, 0.1) is 22.7 Å². The topological polar surface area (TPSA) is 50.8 Å². The van der Waals surface area contributed by atoms with Crippen molar-refractivity contribution in [2.24, 2.45) is 0 Å². The molecule has 0 radical (unpaired) electrons. The third kappa shape index (κ3) is 3.04. The van der Waals surface area contributed by atoms with E-state index in [2.05, 4.69) is 4.90 Å². The first-order valence-electron chi connectivity index (χ1n) is 6.15. The minimum Gasteiger partial charge on any atom is -0.345 e. The fourth-order valence-corrected chi connectivity index (χ4v) is 1.85. The van der Waals surface area contributed by atoms with Gasteiger partial charge in [0.2, 0.25) is 0 Å². The number of anilines is 2. The number of para-hydroxylation sites is 1. The Kier molecular flexibility index (Phi) is 4.17.